The molecule has 26 heavy (non-hydrogen) atoms. The van der Waals surface area contributed by atoms with Crippen molar-refractivity contribution < 1.29 is 4.74 Å². The quantitative estimate of drug-likeness (QED) is 0.563. The molecule has 0 aromatic heterocycles. The molecule has 0 bridgehead atoms. The van der Waals surface area contributed by atoms with Gasteiger partial charge in [0.15, 0.2) is 0 Å². The molecule has 3 aromatic rings. The van der Waals surface area contributed by atoms with E-state index in [9.17, 15) is 0 Å². The normalized spacial score (nSPS) is 15.5. The second kappa shape index (κ2) is 7.35. The number of nitrogens with one attached hydrogen (secondary N) is 1. The van der Waals surface area contributed by atoms with Crippen LogP contribution in [0.5, 0.6) is 5.75 Å². The molecule has 0 aliphatic heterocycles. The fourth-order valence-electron chi connectivity index (χ4n) is 3.72. The molecule has 0 fully saturated rings. The lowest BCUT2D eigenvalue weighted by molar-refractivity contribution is 0.306. The van der Waals surface area contributed by atoms with E-state index in [-0.39, 0.29) is 5.17 Å². The summed E-state index contributed by atoms with van der Waals surface area (Å²) in [5.41, 5.74) is 5.90. The standard InChI is InChI=1S/C23H20ClNO/c24-23(25)22-8-4-2-6-18(22)15-26-19-12-9-17(10-13-19)21-14-11-16-5-1-3-7-20(16)21/h1-10,12-13,21,25H,11,14-15H2. The van der Waals surface area contributed by atoms with Crippen molar-refractivity contribution in [2.75, 3.05) is 0 Å². The Morgan fingerprint density at radius 1 is 0.962 bits per heavy atom. The first-order valence-corrected chi connectivity index (χ1v) is 9.23. The summed E-state index contributed by atoms with van der Waals surface area (Å²) in [5.74, 6) is 1.31. The lowest BCUT2D eigenvalue weighted by atomic mass is 9.93. The number of fused-ring (bicyclic) bond motifs is 1. The smallest absolute Gasteiger partial charge is 0.128 e. The summed E-state index contributed by atoms with van der Waals surface area (Å²) in [6.45, 7) is 0.400. The minimum Gasteiger partial charge on any atom is -0.489 e. The molecule has 130 valence electrons. The average Bonchev–Trinajstić information content (AvgIpc) is 3.11. The number of halogens is 1. The fourth-order valence-corrected chi connectivity index (χ4v) is 3.91. The molecule has 1 aliphatic rings. The van der Waals surface area contributed by atoms with E-state index in [1.165, 1.54) is 23.1 Å². The Hall–Kier alpha value is -2.58. The lowest BCUT2D eigenvalue weighted by Crippen LogP contribution is -2.02. The van der Waals surface area contributed by atoms with Crippen LogP contribution >= 0.6 is 11.6 Å². The van der Waals surface area contributed by atoms with Crippen LogP contribution in [0.1, 0.15) is 40.2 Å². The van der Waals surface area contributed by atoms with Gasteiger partial charge in [0.2, 0.25) is 0 Å². The monoisotopic (exact) mass is 361 g/mol. The second-order valence-corrected chi connectivity index (χ2v) is 7.00. The predicted octanol–water partition coefficient (Wildman–Crippen LogP) is 5.91. The van der Waals surface area contributed by atoms with Gasteiger partial charge in [-0.25, -0.2) is 0 Å². The summed E-state index contributed by atoms with van der Waals surface area (Å²) in [6, 6.07) is 24.7. The third-order valence-electron chi connectivity index (χ3n) is 5.06. The maximum Gasteiger partial charge on any atom is 0.128 e. The molecular weight excluding hydrogens is 342 g/mol. The topological polar surface area (TPSA) is 33.1 Å². The maximum absolute atomic E-state index is 7.65. The van der Waals surface area contributed by atoms with Gasteiger partial charge in [0, 0.05) is 11.5 Å². The van der Waals surface area contributed by atoms with Gasteiger partial charge in [0.25, 0.3) is 0 Å². The van der Waals surface area contributed by atoms with E-state index in [4.69, 9.17) is 21.7 Å². The zero-order chi connectivity index (χ0) is 17.9. The van der Waals surface area contributed by atoms with Gasteiger partial charge in [-0.15, -0.1) is 0 Å². The SMILES string of the molecule is N=C(Cl)c1ccccc1COc1ccc(C2CCc3ccccc32)cc1. The van der Waals surface area contributed by atoms with Crippen LogP contribution in [-0.4, -0.2) is 5.17 Å². The van der Waals surface area contributed by atoms with E-state index in [0.29, 0.717) is 18.1 Å². The van der Waals surface area contributed by atoms with Crippen molar-refractivity contribution in [1.82, 2.24) is 0 Å². The lowest BCUT2D eigenvalue weighted by Gasteiger charge is -2.14. The summed E-state index contributed by atoms with van der Waals surface area (Å²) < 4.78 is 5.91. The van der Waals surface area contributed by atoms with E-state index < -0.39 is 0 Å². The van der Waals surface area contributed by atoms with Crippen LogP contribution in [0.3, 0.4) is 0 Å². The van der Waals surface area contributed by atoms with E-state index in [1.807, 2.05) is 36.4 Å². The summed E-state index contributed by atoms with van der Waals surface area (Å²) in [7, 11) is 0. The number of hydrogen-bond donors (Lipinski definition) is 1. The van der Waals surface area contributed by atoms with Crippen molar-refractivity contribution in [3.05, 3.63) is 101 Å². The van der Waals surface area contributed by atoms with Gasteiger partial charge in [-0.2, -0.15) is 0 Å². The highest BCUT2D eigenvalue weighted by Gasteiger charge is 2.23. The Labute approximate surface area is 158 Å². The van der Waals surface area contributed by atoms with E-state index >= 15 is 0 Å². The molecule has 0 radical (unpaired) electrons. The molecule has 1 aliphatic carbocycles. The Bertz CT molecular complexity index is 933. The molecule has 1 N–H and O–H groups in total. The van der Waals surface area contributed by atoms with Gasteiger partial charge in [0.1, 0.15) is 17.5 Å². The van der Waals surface area contributed by atoms with Crippen molar-refractivity contribution in [3.63, 3.8) is 0 Å². The zero-order valence-corrected chi connectivity index (χ0v) is 15.2. The highest BCUT2D eigenvalue weighted by Crippen LogP contribution is 2.38. The molecule has 3 aromatic carbocycles. The van der Waals surface area contributed by atoms with Crippen LogP contribution in [-0.2, 0) is 13.0 Å². The van der Waals surface area contributed by atoms with Crippen LogP contribution in [0.25, 0.3) is 0 Å². The summed E-state index contributed by atoms with van der Waals surface area (Å²) in [4.78, 5) is 0. The first-order valence-electron chi connectivity index (χ1n) is 8.85. The number of ether oxygens (including phenoxy) is 1. The number of hydrogen-bond acceptors (Lipinski definition) is 2. The van der Waals surface area contributed by atoms with Gasteiger partial charge in [-0.05, 0) is 47.2 Å². The molecule has 2 nitrogen and oxygen atoms in total. The Balaban J connectivity index is 1.47. The molecule has 1 atom stereocenters. The van der Waals surface area contributed by atoms with Crippen LogP contribution in [0.15, 0.2) is 72.8 Å². The molecule has 0 spiro atoms. The Morgan fingerprint density at radius 2 is 1.69 bits per heavy atom. The largest absolute Gasteiger partial charge is 0.489 e. The van der Waals surface area contributed by atoms with Gasteiger partial charge in [0.05, 0.1) is 0 Å². The van der Waals surface area contributed by atoms with Gasteiger partial charge in [-0.1, -0.05) is 72.3 Å². The predicted molar refractivity (Wildman–Crippen MR) is 107 cm³/mol. The zero-order valence-electron chi connectivity index (χ0n) is 14.4. The van der Waals surface area contributed by atoms with E-state index in [2.05, 4.69) is 36.4 Å². The first kappa shape index (κ1) is 16.9. The van der Waals surface area contributed by atoms with Gasteiger partial charge in [-0.3, -0.25) is 5.41 Å². The Kier molecular flexibility index (Phi) is 4.77. The van der Waals surface area contributed by atoms with Crippen LogP contribution < -0.4 is 4.74 Å². The first-order chi connectivity index (χ1) is 12.7. The van der Waals surface area contributed by atoms with E-state index in [0.717, 1.165) is 17.7 Å². The maximum atomic E-state index is 7.65. The van der Waals surface area contributed by atoms with Crippen molar-refractivity contribution >= 4 is 16.8 Å². The van der Waals surface area contributed by atoms with Gasteiger partial charge >= 0.3 is 0 Å². The third-order valence-corrected chi connectivity index (χ3v) is 5.27. The third kappa shape index (κ3) is 3.38. The van der Waals surface area contributed by atoms with Crippen molar-refractivity contribution in [1.29, 1.82) is 5.41 Å². The van der Waals surface area contributed by atoms with E-state index in [1.54, 1.807) is 0 Å². The van der Waals surface area contributed by atoms with Gasteiger partial charge < -0.3 is 4.74 Å². The molecule has 1 unspecified atom stereocenters. The summed E-state index contributed by atoms with van der Waals surface area (Å²) in [5, 5.41) is 7.69. The van der Waals surface area contributed by atoms with Crippen molar-refractivity contribution in [2.24, 2.45) is 0 Å². The van der Waals surface area contributed by atoms with Crippen molar-refractivity contribution in [3.8, 4) is 5.75 Å². The average molecular weight is 362 g/mol. The molecule has 0 amide bonds. The molecule has 4 rings (SSSR count). The number of rotatable bonds is 5. The molecule has 0 heterocycles. The molecule has 3 heteroatoms. The van der Waals surface area contributed by atoms with Crippen LogP contribution in [0, 0.1) is 5.41 Å². The molecule has 0 saturated heterocycles. The van der Waals surface area contributed by atoms with Crippen LogP contribution in [0.4, 0.5) is 0 Å². The number of aryl methyl sites for hydroxylation is 1. The minimum absolute atomic E-state index is 0.0412. The summed E-state index contributed by atoms with van der Waals surface area (Å²) >= 11 is 5.85. The summed E-state index contributed by atoms with van der Waals surface area (Å²) in [6.07, 6.45) is 2.32. The van der Waals surface area contributed by atoms with Crippen LogP contribution in [0.2, 0.25) is 0 Å². The minimum atomic E-state index is 0.0412. The number of benzene rings is 3. The van der Waals surface area contributed by atoms with Crippen molar-refractivity contribution in [2.45, 2.75) is 25.4 Å². The highest BCUT2D eigenvalue weighted by atomic mass is 35.5. The fraction of sp³-hybridized carbons (Fsp3) is 0.174. The molecule has 0 saturated carbocycles. The Morgan fingerprint density at radius 3 is 2.50 bits per heavy atom. The second-order valence-electron chi connectivity index (χ2n) is 6.62. The highest BCUT2D eigenvalue weighted by molar-refractivity contribution is 6.68. The molecular formula is C23H20ClNO.